The standard InChI is InChI=1S/C12H12N4O/c1-16(9-5-7-14-8-6-9)12(17)10-3-2-4-11(13)15-10/h2-8H,1H3,(H2,13,15). The first-order valence-corrected chi connectivity index (χ1v) is 5.09. The molecule has 0 bridgehead atoms. The molecule has 17 heavy (non-hydrogen) atoms. The Kier molecular flexibility index (Phi) is 3.00. The van der Waals surface area contributed by atoms with E-state index in [0.717, 1.165) is 5.69 Å². The van der Waals surface area contributed by atoms with Crippen molar-refractivity contribution >= 4 is 17.4 Å². The van der Waals surface area contributed by atoms with Gasteiger partial charge in [0.25, 0.3) is 5.91 Å². The van der Waals surface area contributed by atoms with Gasteiger partial charge in [0.05, 0.1) is 0 Å². The maximum atomic E-state index is 12.1. The van der Waals surface area contributed by atoms with Crippen LogP contribution < -0.4 is 10.6 Å². The number of hydrogen-bond acceptors (Lipinski definition) is 4. The van der Waals surface area contributed by atoms with E-state index in [4.69, 9.17) is 5.73 Å². The number of carbonyl (C=O) groups excluding carboxylic acids is 1. The molecule has 2 heterocycles. The second-order valence-electron chi connectivity index (χ2n) is 3.52. The van der Waals surface area contributed by atoms with E-state index in [1.54, 1.807) is 49.8 Å². The highest BCUT2D eigenvalue weighted by molar-refractivity contribution is 6.04. The van der Waals surface area contributed by atoms with Gasteiger partial charge in [-0.1, -0.05) is 6.07 Å². The molecule has 0 aromatic carbocycles. The van der Waals surface area contributed by atoms with Gasteiger partial charge in [0, 0.05) is 25.1 Å². The fourth-order valence-electron chi connectivity index (χ4n) is 1.43. The molecule has 0 unspecified atom stereocenters. The van der Waals surface area contributed by atoms with Crippen LogP contribution in [0, 0.1) is 0 Å². The number of rotatable bonds is 2. The Hall–Kier alpha value is -2.43. The summed E-state index contributed by atoms with van der Waals surface area (Å²) in [6.07, 6.45) is 3.26. The number of pyridine rings is 2. The number of nitrogens with zero attached hydrogens (tertiary/aromatic N) is 3. The van der Waals surface area contributed by atoms with Crippen LogP contribution in [0.2, 0.25) is 0 Å². The molecule has 2 rings (SSSR count). The molecule has 2 aromatic rings. The predicted molar refractivity (Wildman–Crippen MR) is 65.6 cm³/mol. The van der Waals surface area contributed by atoms with Crippen LogP contribution in [0.3, 0.4) is 0 Å². The zero-order chi connectivity index (χ0) is 12.3. The lowest BCUT2D eigenvalue weighted by Crippen LogP contribution is -2.27. The minimum absolute atomic E-state index is 0.205. The Morgan fingerprint density at radius 3 is 2.59 bits per heavy atom. The van der Waals surface area contributed by atoms with Gasteiger partial charge in [0.15, 0.2) is 0 Å². The molecule has 1 amide bonds. The van der Waals surface area contributed by atoms with Crippen LogP contribution in [0.5, 0.6) is 0 Å². The quantitative estimate of drug-likeness (QED) is 0.841. The molecule has 0 aliphatic heterocycles. The molecular formula is C12H12N4O. The van der Waals surface area contributed by atoms with E-state index >= 15 is 0 Å². The third-order valence-corrected chi connectivity index (χ3v) is 2.34. The van der Waals surface area contributed by atoms with Gasteiger partial charge in [-0.05, 0) is 24.3 Å². The molecule has 0 spiro atoms. The maximum Gasteiger partial charge on any atom is 0.276 e. The third kappa shape index (κ3) is 2.39. The number of carbonyl (C=O) groups is 1. The van der Waals surface area contributed by atoms with Gasteiger partial charge >= 0.3 is 0 Å². The summed E-state index contributed by atoms with van der Waals surface area (Å²) in [5, 5.41) is 0. The van der Waals surface area contributed by atoms with E-state index in [0.29, 0.717) is 11.5 Å². The molecule has 5 nitrogen and oxygen atoms in total. The summed E-state index contributed by atoms with van der Waals surface area (Å²) in [5.74, 6) is 0.127. The van der Waals surface area contributed by atoms with E-state index in [1.165, 1.54) is 4.90 Å². The Labute approximate surface area is 98.9 Å². The number of hydrogen-bond donors (Lipinski definition) is 1. The molecule has 0 saturated heterocycles. The molecule has 2 aromatic heterocycles. The van der Waals surface area contributed by atoms with Crippen molar-refractivity contribution in [3.63, 3.8) is 0 Å². The molecular weight excluding hydrogens is 216 g/mol. The lowest BCUT2D eigenvalue weighted by atomic mass is 10.3. The van der Waals surface area contributed by atoms with Gasteiger partial charge in [-0.3, -0.25) is 9.78 Å². The van der Waals surface area contributed by atoms with Crippen LogP contribution in [0.25, 0.3) is 0 Å². The number of aromatic nitrogens is 2. The molecule has 0 radical (unpaired) electrons. The van der Waals surface area contributed by atoms with Crippen molar-refractivity contribution in [2.24, 2.45) is 0 Å². The molecule has 0 fully saturated rings. The van der Waals surface area contributed by atoms with Crippen molar-refractivity contribution in [1.29, 1.82) is 0 Å². The van der Waals surface area contributed by atoms with Crippen LogP contribution in [0.4, 0.5) is 11.5 Å². The lowest BCUT2D eigenvalue weighted by molar-refractivity contribution is 0.0988. The van der Waals surface area contributed by atoms with Crippen molar-refractivity contribution < 1.29 is 4.79 Å². The zero-order valence-corrected chi connectivity index (χ0v) is 9.37. The van der Waals surface area contributed by atoms with Crippen LogP contribution in [0.1, 0.15) is 10.5 Å². The summed E-state index contributed by atoms with van der Waals surface area (Å²) in [7, 11) is 1.68. The lowest BCUT2D eigenvalue weighted by Gasteiger charge is -2.16. The second kappa shape index (κ2) is 4.61. The number of nitrogens with two attached hydrogens (primary N) is 1. The first-order valence-electron chi connectivity index (χ1n) is 5.09. The Balaban J connectivity index is 2.27. The molecule has 5 heteroatoms. The van der Waals surface area contributed by atoms with E-state index in [-0.39, 0.29) is 5.91 Å². The van der Waals surface area contributed by atoms with Gasteiger partial charge in [0.2, 0.25) is 0 Å². The Morgan fingerprint density at radius 1 is 1.24 bits per heavy atom. The van der Waals surface area contributed by atoms with Gasteiger partial charge < -0.3 is 10.6 Å². The molecule has 0 atom stereocenters. The third-order valence-electron chi connectivity index (χ3n) is 2.34. The zero-order valence-electron chi connectivity index (χ0n) is 9.37. The number of anilines is 2. The number of amides is 1. The van der Waals surface area contributed by atoms with Crippen LogP contribution in [-0.2, 0) is 0 Å². The SMILES string of the molecule is CN(C(=O)c1cccc(N)n1)c1ccncc1. The minimum atomic E-state index is -0.205. The van der Waals surface area contributed by atoms with Crippen molar-refractivity contribution in [1.82, 2.24) is 9.97 Å². The normalized spacial score (nSPS) is 9.94. The van der Waals surface area contributed by atoms with Crippen molar-refractivity contribution in [3.05, 3.63) is 48.4 Å². The van der Waals surface area contributed by atoms with Crippen molar-refractivity contribution in [2.45, 2.75) is 0 Å². The fraction of sp³-hybridized carbons (Fsp3) is 0.0833. The van der Waals surface area contributed by atoms with E-state index < -0.39 is 0 Å². The Bertz CT molecular complexity index is 527. The Morgan fingerprint density at radius 2 is 1.94 bits per heavy atom. The largest absolute Gasteiger partial charge is 0.384 e. The first-order chi connectivity index (χ1) is 8.18. The smallest absolute Gasteiger partial charge is 0.276 e. The van der Waals surface area contributed by atoms with Crippen LogP contribution in [-0.4, -0.2) is 22.9 Å². The monoisotopic (exact) mass is 228 g/mol. The van der Waals surface area contributed by atoms with E-state index in [2.05, 4.69) is 9.97 Å². The average Bonchev–Trinajstić information content (AvgIpc) is 2.38. The van der Waals surface area contributed by atoms with Crippen molar-refractivity contribution in [2.75, 3.05) is 17.7 Å². The summed E-state index contributed by atoms with van der Waals surface area (Å²) < 4.78 is 0. The maximum absolute atomic E-state index is 12.1. The first kappa shape index (κ1) is 11.1. The second-order valence-corrected chi connectivity index (χ2v) is 3.52. The van der Waals surface area contributed by atoms with E-state index in [1.807, 2.05) is 0 Å². The molecule has 0 saturated carbocycles. The summed E-state index contributed by atoms with van der Waals surface area (Å²) in [5.41, 5.74) is 6.63. The molecule has 0 aliphatic rings. The van der Waals surface area contributed by atoms with Gasteiger partial charge in [-0.25, -0.2) is 4.98 Å². The van der Waals surface area contributed by atoms with Crippen molar-refractivity contribution in [3.8, 4) is 0 Å². The van der Waals surface area contributed by atoms with Gasteiger partial charge in [0.1, 0.15) is 11.5 Å². The highest BCUT2D eigenvalue weighted by atomic mass is 16.2. The molecule has 86 valence electrons. The predicted octanol–water partition coefficient (Wildman–Crippen LogP) is 1.34. The summed E-state index contributed by atoms with van der Waals surface area (Å²) in [6.45, 7) is 0. The van der Waals surface area contributed by atoms with E-state index in [9.17, 15) is 4.79 Å². The average molecular weight is 228 g/mol. The van der Waals surface area contributed by atoms with Gasteiger partial charge in [-0.2, -0.15) is 0 Å². The topological polar surface area (TPSA) is 72.1 Å². The summed E-state index contributed by atoms with van der Waals surface area (Å²) in [4.78, 5) is 21.5. The highest BCUT2D eigenvalue weighted by Crippen LogP contribution is 2.13. The number of nitrogen functional groups attached to an aromatic ring is 1. The molecule has 0 aliphatic carbocycles. The van der Waals surface area contributed by atoms with Gasteiger partial charge in [-0.15, -0.1) is 0 Å². The van der Waals surface area contributed by atoms with Crippen LogP contribution >= 0.6 is 0 Å². The summed E-state index contributed by atoms with van der Waals surface area (Å²) in [6, 6.07) is 8.49. The van der Waals surface area contributed by atoms with Crippen LogP contribution in [0.15, 0.2) is 42.7 Å². The minimum Gasteiger partial charge on any atom is -0.384 e. The fourth-order valence-corrected chi connectivity index (χ4v) is 1.43. The molecule has 2 N–H and O–H groups in total. The highest BCUT2D eigenvalue weighted by Gasteiger charge is 2.14. The summed E-state index contributed by atoms with van der Waals surface area (Å²) >= 11 is 0.